The normalized spacial score (nSPS) is 26.4. The van der Waals surface area contributed by atoms with E-state index in [1.165, 1.54) is 0 Å². The van der Waals surface area contributed by atoms with E-state index in [0.29, 0.717) is 17.6 Å². The molecule has 5 heteroatoms. The number of benzene rings is 2. The summed E-state index contributed by atoms with van der Waals surface area (Å²) in [6, 6.07) is 22.0. The van der Waals surface area contributed by atoms with Crippen LogP contribution < -0.4 is 0 Å². The molecule has 2 aromatic carbocycles. The van der Waals surface area contributed by atoms with Gasteiger partial charge in [0.1, 0.15) is 17.6 Å². The highest BCUT2D eigenvalue weighted by molar-refractivity contribution is 5.89. The molecule has 29 heavy (non-hydrogen) atoms. The summed E-state index contributed by atoms with van der Waals surface area (Å²) in [5, 5.41) is 4.31. The van der Waals surface area contributed by atoms with Crippen molar-refractivity contribution in [2.24, 2.45) is 0 Å². The molecule has 2 aliphatic heterocycles. The Hall–Kier alpha value is -2.92. The van der Waals surface area contributed by atoms with Gasteiger partial charge in [-0.05, 0) is 32.0 Å². The molecule has 2 fully saturated rings. The van der Waals surface area contributed by atoms with Gasteiger partial charge in [0.25, 0.3) is 0 Å². The highest BCUT2D eigenvalue weighted by Crippen LogP contribution is 2.45. The minimum Gasteiger partial charge on any atom is -0.458 e. The second-order valence-electron chi connectivity index (χ2n) is 8.02. The Labute approximate surface area is 170 Å². The highest BCUT2D eigenvalue weighted by Gasteiger charge is 2.49. The van der Waals surface area contributed by atoms with Crippen LogP contribution in [0.3, 0.4) is 0 Å². The van der Waals surface area contributed by atoms with E-state index in [4.69, 9.17) is 9.26 Å². The Bertz CT molecular complexity index is 986. The molecule has 3 heterocycles. The summed E-state index contributed by atoms with van der Waals surface area (Å²) in [4.78, 5) is 15.2. The number of rotatable bonds is 4. The van der Waals surface area contributed by atoms with Crippen LogP contribution in [0.25, 0.3) is 11.3 Å². The van der Waals surface area contributed by atoms with Crippen LogP contribution in [0, 0.1) is 0 Å². The molecule has 2 saturated heterocycles. The summed E-state index contributed by atoms with van der Waals surface area (Å²) >= 11 is 0. The van der Waals surface area contributed by atoms with Crippen LogP contribution in [0.2, 0.25) is 0 Å². The number of piperidine rings is 1. The van der Waals surface area contributed by atoms with Gasteiger partial charge in [0.05, 0.1) is 11.5 Å². The molecule has 4 atom stereocenters. The fraction of sp³-hybridized carbons (Fsp3) is 0.333. The maximum absolute atomic E-state index is 12.7. The molecule has 0 amide bonds. The maximum atomic E-state index is 12.7. The van der Waals surface area contributed by atoms with Crippen molar-refractivity contribution in [2.45, 2.75) is 43.4 Å². The molecule has 148 valence electrons. The Morgan fingerprint density at radius 3 is 2.55 bits per heavy atom. The van der Waals surface area contributed by atoms with Crippen molar-refractivity contribution in [3.05, 3.63) is 78.1 Å². The third-order valence-electron chi connectivity index (χ3n) is 6.41. The van der Waals surface area contributed by atoms with Gasteiger partial charge in [-0.15, -0.1) is 0 Å². The number of esters is 1. The molecular weight excluding hydrogens is 364 g/mol. The number of aromatic nitrogens is 1. The number of hydrogen-bond acceptors (Lipinski definition) is 5. The molecular formula is C24H24N2O3. The minimum atomic E-state index is -0.271. The predicted molar refractivity (Wildman–Crippen MR) is 110 cm³/mol. The summed E-state index contributed by atoms with van der Waals surface area (Å²) in [7, 11) is 2.17. The quantitative estimate of drug-likeness (QED) is 0.615. The minimum absolute atomic E-state index is 0.0172. The van der Waals surface area contributed by atoms with E-state index in [1.807, 2.05) is 54.6 Å². The average Bonchev–Trinajstić information content (AvgIpc) is 3.33. The summed E-state index contributed by atoms with van der Waals surface area (Å²) in [5.74, 6) is 0.510. The Balaban J connectivity index is 1.45. The van der Waals surface area contributed by atoms with E-state index < -0.39 is 0 Å². The summed E-state index contributed by atoms with van der Waals surface area (Å²) in [6.45, 7) is 0. The van der Waals surface area contributed by atoms with Crippen LogP contribution in [0.4, 0.5) is 0 Å². The number of ether oxygens (including phenoxy) is 1. The van der Waals surface area contributed by atoms with E-state index >= 15 is 0 Å². The van der Waals surface area contributed by atoms with Gasteiger partial charge in [-0.2, -0.15) is 0 Å². The van der Waals surface area contributed by atoms with Gasteiger partial charge in [-0.3, -0.25) is 4.90 Å². The van der Waals surface area contributed by atoms with Crippen molar-refractivity contribution in [2.75, 3.05) is 7.05 Å². The number of carbonyl (C=O) groups is 1. The highest BCUT2D eigenvalue weighted by atomic mass is 16.5. The lowest BCUT2D eigenvalue weighted by Crippen LogP contribution is -2.49. The van der Waals surface area contributed by atoms with Gasteiger partial charge in [-0.1, -0.05) is 53.7 Å². The van der Waals surface area contributed by atoms with Gasteiger partial charge >= 0.3 is 5.97 Å². The van der Waals surface area contributed by atoms with Crippen LogP contribution in [-0.2, 0) is 4.74 Å². The number of carbonyl (C=O) groups excluding carboxylic acids is 1. The summed E-state index contributed by atoms with van der Waals surface area (Å²) in [5.41, 5.74) is 2.42. The second-order valence-corrected chi connectivity index (χ2v) is 8.02. The molecule has 3 aromatic rings. The number of fused-ring (bicyclic) bond motifs is 2. The lowest BCUT2D eigenvalue weighted by molar-refractivity contribution is -0.0177. The van der Waals surface area contributed by atoms with E-state index in [1.54, 1.807) is 12.1 Å². The van der Waals surface area contributed by atoms with Crippen LogP contribution in [0.1, 0.15) is 41.3 Å². The molecule has 5 rings (SSSR count). The van der Waals surface area contributed by atoms with E-state index in [-0.39, 0.29) is 18.0 Å². The molecule has 0 saturated carbocycles. The summed E-state index contributed by atoms with van der Waals surface area (Å²) in [6.07, 6.45) is 2.80. The Morgan fingerprint density at radius 2 is 1.79 bits per heavy atom. The van der Waals surface area contributed by atoms with Crippen molar-refractivity contribution in [3.8, 4) is 11.3 Å². The molecule has 2 bridgehead atoms. The molecule has 5 nitrogen and oxygen atoms in total. The molecule has 0 aliphatic carbocycles. The molecule has 2 aliphatic rings. The zero-order valence-corrected chi connectivity index (χ0v) is 16.4. The molecule has 1 aromatic heterocycles. The first kappa shape index (κ1) is 18.1. The van der Waals surface area contributed by atoms with Crippen molar-refractivity contribution >= 4 is 5.97 Å². The topological polar surface area (TPSA) is 55.6 Å². The first-order valence-electron chi connectivity index (χ1n) is 10.2. The smallest absolute Gasteiger partial charge is 0.338 e. The zero-order valence-electron chi connectivity index (χ0n) is 16.4. The van der Waals surface area contributed by atoms with Crippen LogP contribution in [0.15, 0.2) is 71.3 Å². The van der Waals surface area contributed by atoms with Crippen LogP contribution >= 0.6 is 0 Å². The van der Waals surface area contributed by atoms with Gasteiger partial charge < -0.3 is 9.26 Å². The third kappa shape index (κ3) is 3.36. The fourth-order valence-electron chi connectivity index (χ4n) is 4.89. The second kappa shape index (κ2) is 7.48. The van der Waals surface area contributed by atoms with E-state index in [0.717, 1.165) is 36.3 Å². The number of likely N-dealkylation sites (N-methyl/N-ethyl adjacent to an activating group) is 1. The zero-order chi connectivity index (χ0) is 19.8. The molecule has 2 unspecified atom stereocenters. The van der Waals surface area contributed by atoms with Gasteiger partial charge in [0.15, 0.2) is 0 Å². The monoisotopic (exact) mass is 388 g/mol. The SMILES string of the molecule is CN1C2CC[C@@H]1C[C@H](OC(=O)c1ccccc1)C2c1cc(-c2ccccc2)no1. The Kier molecular flexibility index (Phi) is 4.68. The molecule has 0 spiro atoms. The first-order chi connectivity index (χ1) is 14.2. The standard InChI is InChI=1S/C24H24N2O3/c1-26-18-12-13-20(26)23(21(14-18)28-24(27)17-10-6-3-7-11-17)22-15-19(25-29-22)16-8-4-2-5-9-16/h2-11,15,18,20-21,23H,12-14H2,1H3/t18-,20?,21+,23?/m1/s1. The van der Waals surface area contributed by atoms with Gasteiger partial charge in [-0.25, -0.2) is 4.79 Å². The lowest BCUT2D eigenvalue weighted by Gasteiger charge is -2.41. The molecule has 0 N–H and O–H groups in total. The van der Waals surface area contributed by atoms with Crippen molar-refractivity contribution in [1.29, 1.82) is 0 Å². The lowest BCUT2D eigenvalue weighted by atomic mass is 9.85. The third-order valence-corrected chi connectivity index (χ3v) is 6.41. The van der Waals surface area contributed by atoms with Crippen LogP contribution in [-0.4, -0.2) is 41.3 Å². The molecule has 0 radical (unpaired) electrons. The summed E-state index contributed by atoms with van der Waals surface area (Å²) < 4.78 is 11.8. The average molecular weight is 388 g/mol. The van der Waals surface area contributed by atoms with Gasteiger partial charge in [0, 0.05) is 30.1 Å². The van der Waals surface area contributed by atoms with E-state index in [9.17, 15) is 4.79 Å². The number of nitrogens with zero attached hydrogens (tertiary/aromatic N) is 2. The van der Waals surface area contributed by atoms with Crippen LogP contribution in [0.5, 0.6) is 0 Å². The Morgan fingerprint density at radius 1 is 1.07 bits per heavy atom. The van der Waals surface area contributed by atoms with Gasteiger partial charge in [0.2, 0.25) is 0 Å². The van der Waals surface area contributed by atoms with Crippen molar-refractivity contribution < 1.29 is 14.1 Å². The fourth-order valence-corrected chi connectivity index (χ4v) is 4.89. The van der Waals surface area contributed by atoms with E-state index in [2.05, 4.69) is 17.1 Å². The first-order valence-corrected chi connectivity index (χ1v) is 10.2. The van der Waals surface area contributed by atoms with Crippen molar-refractivity contribution in [1.82, 2.24) is 10.1 Å². The van der Waals surface area contributed by atoms with Crippen molar-refractivity contribution in [3.63, 3.8) is 0 Å². The number of hydrogen-bond donors (Lipinski definition) is 0. The predicted octanol–water partition coefficient (Wildman–Crippen LogP) is 4.52. The maximum Gasteiger partial charge on any atom is 0.338 e. The largest absolute Gasteiger partial charge is 0.458 e.